The van der Waals surface area contributed by atoms with Crippen LogP contribution >= 0.6 is 0 Å². The van der Waals surface area contributed by atoms with Crippen LogP contribution in [-0.4, -0.2) is 73.8 Å². The Morgan fingerprint density at radius 3 is 2.49 bits per heavy atom. The zero-order valence-electron chi connectivity index (χ0n) is 23.2. The molecule has 4 rings (SSSR count). The fourth-order valence-electron chi connectivity index (χ4n) is 4.99. The lowest BCUT2D eigenvalue weighted by Gasteiger charge is -2.25. The maximum absolute atomic E-state index is 13.0. The van der Waals surface area contributed by atoms with Crippen LogP contribution in [0.25, 0.3) is 0 Å². The molecule has 11 heteroatoms. The number of hydrogen-bond acceptors (Lipinski definition) is 7. The van der Waals surface area contributed by atoms with E-state index >= 15 is 0 Å². The topological polar surface area (TPSA) is 120 Å². The van der Waals surface area contributed by atoms with Crippen LogP contribution in [-0.2, 0) is 38.9 Å². The number of benzene rings is 1. The van der Waals surface area contributed by atoms with Gasteiger partial charge in [0.2, 0.25) is 10.0 Å². The number of sulfonamides is 1. The second-order valence-electron chi connectivity index (χ2n) is 11.0. The lowest BCUT2D eigenvalue weighted by Crippen LogP contribution is -2.29. The Hall–Kier alpha value is -2.76. The third-order valence-electron chi connectivity index (χ3n) is 7.11. The molecule has 0 spiro atoms. The first kappa shape index (κ1) is 29.2. The van der Waals surface area contributed by atoms with Crippen LogP contribution in [0.4, 0.5) is 0 Å². The lowest BCUT2D eigenvalue weighted by atomic mass is 9.94. The van der Waals surface area contributed by atoms with Crippen LogP contribution in [0.1, 0.15) is 78.6 Å². The van der Waals surface area contributed by atoms with E-state index in [0.717, 1.165) is 37.1 Å². The molecule has 1 aromatic heterocycles. The molecule has 2 aliphatic heterocycles. The van der Waals surface area contributed by atoms with Gasteiger partial charge in [-0.05, 0) is 62.8 Å². The van der Waals surface area contributed by atoms with Crippen molar-refractivity contribution in [1.82, 2.24) is 19.4 Å². The zero-order valence-corrected chi connectivity index (χ0v) is 24.0. The van der Waals surface area contributed by atoms with Crippen molar-refractivity contribution in [3.05, 3.63) is 46.8 Å². The molecule has 0 atom stereocenters. The molecule has 0 saturated carbocycles. The van der Waals surface area contributed by atoms with Crippen molar-refractivity contribution in [2.75, 3.05) is 39.5 Å². The van der Waals surface area contributed by atoms with Gasteiger partial charge in [-0.3, -0.25) is 9.48 Å². The molecular formula is C28H40N4O6S. The van der Waals surface area contributed by atoms with Gasteiger partial charge in [0.25, 0.3) is 5.91 Å². The predicted molar refractivity (Wildman–Crippen MR) is 146 cm³/mol. The van der Waals surface area contributed by atoms with E-state index in [4.69, 9.17) is 14.6 Å². The summed E-state index contributed by atoms with van der Waals surface area (Å²) in [4.78, 5) is 26.0. The average Bonchev–Trinajstić information content (AvgIpc) is 3.57. The molecule has 10 nitrogen and oxygen atoms in total. The fraction of sp³-hybridized carbons (Fsp3) is 0.607. The van der Waals surface area contributed by atoms with Gasteiger partial charge < -0.3 is 14.8 Å². The maximum atomic E-state index is 13.0. The normalized spacial score (nSPS) is 17.8. The predicted octanol–water partition coefficient (Wildman–Crippen LogP) is 3.20. The first-order valence-corrected chi connectivity index (χ1v) is 15.3. The molecule has 2 aliphatic rings. The van der Waals surface area contributed by atoms with Crippen molar-refractivity contribution < 1.29 is 27.5 Å². The van der Waals surface area contributed by atoms with Gasteiger partial charge in [0.15, 0.2) is 0 Å². The van der Waals surface area contributed by atoms with E-state index in [2.05, 4.69) is 5.32 Å². The van der Waals surface area contributed by atoms with Gasteiger partial charge in [-0.25, -0.2) is 13.2 Å². The van der Waals surface area contributed by atoms with E-state index < -0.39 is 21.4 Å². The van der Waals surface area contributed by atoms with Gasteiger partial charge in [-0.15, -0.1) is 0 Å². The average molecular weight is 561 g/mol. The van der Waals surface area contributed by atoms with Gasteiger partial charge >= 0.3 is 5.97 Å². The molecule has 0 unspecified atom stereocenters. The number of fused-ring (bicyclic) bond motifs is 1. The molecule has 1 fully saturated rings. The Bertz CT molecular complexity index is 1260. The van der Waals surface area contributed by atoms with Crippen molar-refractivity contribution in [2.45, 2.75) is 70.7 Å². The first-order valence-electron chi connectivity index (χ1n) is 13.8. The van der Waals surface area contributed by atoms with E-state index in [0.29, 0.717) is 63.4 Å². The Morgan fingerprint density at radius 2 is 1.79 bits per heavy atom. The van der Waals surface area contributed by atoms with Gasteiger partial charge in [0.05, 0.1) is 34.0 Å². The number of aromatic nitrogens is 2. The highest BCUT2D eigenvalue weighted by Crippen LogP contribution is 2.26. The molecule has 39 heavy (non-hydrogen) atoms. The number of carbonyl (C=O) groups is 2. The van der Waals surface area contributed by atoms with Crippen LogP contribution in [0, 0.1) is 5.41 Å². The number of aryl methyl sites for hydroxylation is 1. The molecule has 1 N–H and O–H groups in total. The number of esters is 1. The first-order chi connectivity index (χ1) is 18.6. The number of carbonyl (C=O) groups excluding carboxylic acids is 2. The number of hydrogen-bond donors (Lipinski definition) is 1. The summed E-state index contributed by atoms with van der Waals surface area (Å²) in [6, 6.07) is 5.92. The van der Waals surface area contributed by atoms with Crippen molar-refractivity contribution in [3.8, 4) is 0 Å². The maximum Gasteiger partial charge on any atom is 0.338 e. The minimum Gasteiger partial charge on any atom is -0.461 e. The number of amides is 1. The summed E-state index contributed by atoms with van der Waals surface area (Å²) in [5.41, 5.74) is 2.11. The molecule has 0 bridgehead atoms. The highest BCUT2D eigenvalue weighted by atomic mass is 32.2. The summed E-state index contributed by atoms with van der Waals surface area (Å²) in [7, 11) is -3.54. The summed E-state index contributed by atoms with van der Waals surface area (Å²) < 4.78 is 40.2. The Kier molecular flexibility index (Phi) is 9.45. The minimum absolute atomic E-state index is 0.102. The van der Waals surface area contributed by atoms with E-state index in [1.807, 2.05) is 25.5 Å². The molecule has 1 saturated heterocycles. The van der Waals surface area contributed by atoms with E-state index in [1.165, 1.54) is 28.6 Å². The van der Waals surface area contributed by atoms with Crippen LogP contribution in [0.3, 0.4) is 0 Å². The van der Waals surface area contributed by atoms with Crippen molar-refractivity contribution >= 4 is 21.9 Å². The highest BCUT2D eigenvalue weighted by Gasteiger charge is 2.29. The fourth-order valence-corrected chi connectivity index (χ4v) is 6.51. The van der Waals surface area contributed by atoms with Crippen LogP contribution in [0.5, 0.6) is 0 Å². The van der Waals surface area contributed by atoms with E-state index in [-0.39, 0.29) is 17.4 Å². The lowest BCUT2D eigenvalue weighted by molar-refractivity contribution is 0.0304. The molecule has 2 aromatic rings. The zero-order chi connectivity index (χ0) is 28.0. The number of ether oxygens (including phenoxy) is 2. The largest absolute Gasteiger partial charge is 0.461 e. The molecule has 0 aliphatic carbocycles. The molecule has 214 valence electrons. The second kappa shape index (κ2) is 12.6. The van der Waals surface area contributed by atoms with Crippen molar-refractivity contribution in [3.63, 3.8) is 0 Å². The third-order valence-corrected chi connectivity index (χ3v) is 9.02. The summed E-state index contributed by atoms with van der Waals surface area (Å²) in [6.07, 6.45) is 4.58. The number of nitrogens with zero attached hydrogens (tertiary/aromatic N) is 3. The van der Waals surface area contributed by atoms with Crippen LogP contribution in [0.15, 0.2) is 29.2 Å². The van der Waals surface area contributed by atoms with Gasteiger partial charge in [-0.2, -0.15) is 9.40 Å². The van der Waals surface area contributed by atoms with Crippen LogP contribution < -0.4 is 5.32 Å². The monoisotopic (exact) mass is 560 g/mol. The van der Waals surface area contributed by atoms with E-state index in [9.17, 15) is 18.0 Å². The number of rotatable bonds is 8. The SMILES string of the molecule is CCc1nn(CC(C)(C)COC(=O)c2ccc(S(=O)(=O)N3CCCC3)cc2)c2c1C(=O)NCCCOCCC2. The second-order valence-corrected chi connectivity index (χ2v) is 12.9. The van der Waals surface area contributed by atoms with Gasteiger partial charge in [-0.1, -0.05) is 20.8 Å². The number of nitrogens with one attached hydrogen (secondary N) is 1. The smallest absolute Gasteiger partial charge is 0.338 e. The summed E-state index contributed by atoms with van der Waals surface area (Å²) in [6.45, 7) is 9.41. The standard InChI is InChI=1S/C28H40N4O6S/c1-4-23-25-24(9-7-17-37-18-8-14-29-26(25)33)32(30-23)19-28(2,3)20-38-27(34)21-10-12-22(13-11-21)39(35,36)31-15-5-6-16-31/h10-13H,4-9,14-20H2,1-3H3,(H,29,33). The van der Waals surface area contributed by atoms with Gasteiger partial charge in [0.1, 0.15) is 0 Å². The van der Waals surface area contributed by atoms with E-state index in [1.54, 1.807) is 0 Å². The molecular weight excluding hydrogens is 520 g/mol. The summed E-state index contributed by atoms with van der Waals surface area (Å²) in [5, 5.41) is 7.77. The molecule has 1 aromatic carbocycles. The quantitative estimate of drug-likeness (QED) is 0.493. The van der Waals surface area contributed by atoms with Crippen molar-refractivity contribution in [2.24, 2.45) is 5.41 Å². The summed E-state index contributed by atoms with van der Waals surface area (Å²) in [5.74, 6) is -0.617. The Labute approximate surface area is 231 Å². The molecule has 1 amide bonds. The Balaban J connectivity index is 1.43. The summed E-state index contributed by atoms with van der Waals surface area (Å²) >= 11 is 0. The Morgan fingerprint density at radius 1 is 1.10 bits per heavy atom. The molecule has 0 radical (unpaired) electrons. The molecule has 3 heterocycles. The third kappa shape index (κ3) is 7.06. The van der Waals surface area contributed by atoms with Gasteiger partial charge in [0, 0.05) is 44.8 Å². The minimum atomic E-state index is -3.54. The van der Waals surface area contributed by atoms with Crippen LogP contribution in [0.2, 0.25) is 0 Å². The van der Waals surface area contributed by atoms with Crippen molar-refractivity contribution in [1.29, 1.82) is 0 Å². The highest BCUT2D eigenvalue weighted by molar-refractivity contribution is 7.89.